The molecule has 23 heavy (non-hydrogen) atoms. The molecular formula is C18H24O5. The van der Waals surface area contributed by atoms with Crippen LogP contribution in [-0.4, -0.2) is 27.3 Å². The molecule has 126 valence electrons. The molecule has 0 saturated carbocycles. The molecule has 0 aliphatic rings. The molecule has 0 aromatic heterocycles. The summed E-state index contributed by atoms with van der Waals surface area (Å²) >= 11 is 0. The number of aliphatic carboxylic acids is 2. The zero-order chi connectivity index (χ0) is 18.2. The molecule has 0 aliphatic heterocycles. The van der Waals surface area contributed by atoms with Crippen LogP contribution in [0.4, 0.5) is 0 Å². The van der Waals surface area contributed by atoms with Crippen LogP contribution in [0.2, 0.25) is 0 Å². The van der Waals surface area contributed by atoms with E-state index in [2.05, 4.69) is 0 Å². The Balaban J connectivity index is 3.73. The number of hydrogen-bond acceptors (Lipinski definition) is 3. The van der Waals surface area contributed by atoms with E-state index in [1.54, 1.807) is 12.1 Å². The molecule has 1 aromatic carbocycles. The van der Waals surface area contributed by atoms with Gasteiger partial charge in [-0.1, -0.05) is 41.5 Å². The number of hydrogen-bond donors (Lipinski definition) is 3. The third kappa shape index (κ3) is 4.34. The number of carboxylic acid groups (broad SMARTS) is 2. The largest absolute Gasteiger partial charge is 0.507 e. The van der Waals surface area contributed by atoms with Gasteiger partial charge in [0.15, 0.2) is 0 Å². The van der Waals surface area contributed by atoms with Crippen molar-refractivity contribution in [1.82, 2.24) is 0 Å². The summed E-state index contributed by atoms with van der Waals surface area (Å²) in [5.74, 6) is -2.84. The molecule has 5 heteroatoms. The quantitative estimate of drug-likeness (QED) is 0.450. The minimum Gasteiger partial charge on any atom is -0.507 e. The van der Waals surface area contributed by atoms with Gasteiger partial charge >= 0.3 is 11.9 Å². The first-order valence-corrected chi connectivity index (χ1v) is 7.31. The van der Waals surface area contributed by atoms with Gasteiger partial charge in [-0.25, -0.2) is 9.59 Å². The molecule has 1 rings (SSSR count). The van der Waals surface area contributed by atoms with Crippen molar-refractivity contribution in [2.45, 2.75) is 52.4 Å². The van der Waals surface area contributed by atoms with Crippen molar-refractivity contribution in [3.8, 4) is 5.75 Å². The Hall–Kier alpha value is -2.30. The van der Waals surface area contributed by atoms with Crippen LogP contribution in [0.5, 0.6) is 5.75 Å². The summed E-state index contributed by atoms with van der Waals surface area (Å²) in [6.07, 6.45) is 1.12. The van der Waals surface area contributed by atoms with E-state index in [0.717, 1.165) is 6.08 Å². The van der Waals surface area contributed by atoms with Crippen LogP contribution >= 0.6 is 0 Å². The lowest BCUT2D eigenvalue weighted by molar-refractivity contribution is -0.140. The van der Waals surface area contributed by atoms with E-state index < -0.39 is 17.5 Å². The van der Waals surface area contributed by atoms with Crippen LogP contribution in [-0.2, 0) is 20.4 Å². The summed E-state index contributed by atoms with van der Waals surface area (Å²) in [5.41, 5.74) is 0.270. The molecule has 1 aromatic rings. The number of aromatic hydroxyl groups is 1. The predicted molar refractivity (Wildman–Crippen MR) is 88.8 cm³/mol. The average molecular weight is 320 g/mol. The average Bonchev–Trinajstić information content (AvgIpc) is 2.33. The van der Waals surface area contributed by atoms with Crippen molar-refractivity contribution in [1.29, 1.82) is 0 Å². The molecule has 0 heterocycles. The van der Waals surface area contributed by atoms with Gasteiger partial charge in [-0.15, -0.1) is 0 Å². The first-order chi connectivity index (χ1) is 10.2. The zero-order valence-electron chi connectivity index (χ0n) is 14.4. The summed E-state index contributed by atoms with van der Waals surface area (Å²) in [6.45, 7) is 11.6. The van der Waals surface area contributed by atoms with E-state index in [1.165, 1.54) is 0 Å². The van der Waals surface area contributed by atoms with Gasteiger partial charge in [0.25, 0.3) is 0 Å². The summed E-state index contributed by atoms with van der Waals surface area (Å²) in [6, 6.07) is 3.27. The number of carboxylic acids is 2. The molecule has 0 radical (unpaired) electrons. The van der Waals surface area contributed by atoms with Gasteiger partial charge in [0, 0.05) is 11.1 Å². The minimum atomic E-state index is -1.50. The van der Waals surface area contributed by atoms with Gasteiger partial charge in [0.2, 0.25) is 0 Å². The summed E-state index contributed by atoms with van der Waals surface area (Å²) in [4.78, 5) is 22.2. The van der Waals surface area contributed by atoms with E-state index in [0.29, 0.717) is 16.7 Å². The van der Waals surface area contributed by atoms with Crippen LogP contribution in [0.25, 0.3) is 6.08 Å². The van der Waals surface area contributed by atoms with Gasteiger partial charge in [-0.2, -0.15) is 0 Å². The maximum atomic E-state index is 11.1. The van der Waals surface area contributed by atoms with Crippen LogP contribution < -0.4 is 0 Å². The Morgan fingerprint density at radius 1 is 0.870 bits per heavy atom. The Kier molecular flexibility index (Phi) is 4.94. The van der Waals surface area contributed by atoms with Gasteiger partial charge < -0.3 is 15.3 Å². The number of rotatable bonds is 3. The standard InChI is InChI=1S/C18H24O5/c1-17(2,3)12-8-10(7-11(15(20)21)16(22)23)9-13(14(12)19)18(4,5)6/h7-9,19H,1-6H3,(H,20,21)(H,22,23). The lowest BCUT2D eigenvalue weighted by Crippen LogP contribution is -2.18. The monoisotopic (exact) mass is 320 g/mol. The molecule has 0 atom stereocenters. The van der Waals surface area contributed by atoms with Crippen LogP contribution in [0.3, 0.4) is 0 Å². The third-order valence-corrected chi connectivity index (χ3v) is 3.52. The lowest BCUT2D eigenvalue weighted by atomic mass is 9.78. The van der Waals surface area contributed by atoms with Crippen LogP contribution in [0.1, 0.15) is 58.2 Å². The molecule has 0 amide bonds. The van der Waals surface area contributed by atoms with E-state index >= 15 is 0 Å². The normalized spacial score (nSPS) is 11.9. The Morgan fingerprint density at radius 2 is 1.22 bits per heavy atom. The van der Waals surface area contributed by atoms with Crippen molar-refractivity contribution in [3.05, 3.63) is 34.4 Å². The highest BCUT2D eigenvalue weighted by Crippen LogP contribution is 2.40. The summed E-state index contributed by atoms with van der Waals surface area (Å²) in [5, 5.41) is 28.6. The second-order valence-electron chi connectivity index (χ2n) is 7.63. The fourth-order valence-corrected chi connectivity index (χ4v) is 2.27. The first-order valence-electron chi connectivity index (χ1n) is 7.31. The smallest absolute Gasteiger partial charge is 0.343 e. The van der Waals surface area contributed by atoms with Crippen molar-refractivity contribution >= 4 is 18.0 Å². The highest BCUT2D eigenvalue weighted by atomic mass is 16.4. The topological polar surface area (TPSA) is 94.8 Å². The molecule has 0 spiro atoms. The highest BCUT2D eigenvalue weighted by molar-refractivity contribution is 6.16. The van der Waals surface area contributed by atoms with E-state index in [1.807, 2.05) is 41.5 Å². The van der Waals surface area contributed by atoms with Crippen molar-refractivity contribution in [2.24, 2.45) is 0 Å². The van der Waals surface area contributed by atoms with Gasteiger partial charge in [-0.05, 0) is 34.6 Å². The molecule has 0 saturated heterocycles. The first kappa shape index (κ1) is 18.7. The van der Waals surface area contributed by atoms with E-state index in [9.17, 15) is 14.7 Å². The molecule has 0 fully saturated rings. The molecule has 0 aliphatic carbocycles. The van der Waals surface area contributed by atoms with E-state index in [4.69, 9.17) is 10.2 Å². The number of phenols is 1. The maximum absolute atomic E-state index is 11.1. The fourth-order valence-electron chi connectivity index (χ4n) is 2.27. The maximum Gasteiger partial charge on any atom is 0.343 e. The highest BCUT2D eigenvalue weighted by Gasteiger charge is 2.27. The molecule has 0 unspecified atom stereocenters. The Morgan fingerprint density at radius 3 is 1.48 bits per heavy atom. The van der Waals surface area contributed by atoms with Gasteiger partial charge in [0.05, 0.1) is 0 Å². The van der Waals surface area contributed by atoms with Crippen LogP contribution in [0.15, 0.2) is 17.7 Å². The van der Waals surface area contributed by atoms with Crippen LogP contribution in [0, 0.1) is 0 Å². The SMILES string of the molecule is CC(C)(C)c1cc(C=C(C(=O)O)C(=O)O)cc(C(C)(C)C)c1O. The molecule has 0 bridgehead atoms. The molecular weight excluding hydrogens is 296 g/mol. The Labute approximate surface area is 136 Å². The lowest BCUT2D eigenvalue weighted by Gasteiger charge is -2.28. The van der Waals surface area contributed by atoms with Crippen molar-refractivity contribution < 1.29 is 24.9 Å². The summed E-state index contributed by atoms with van der Waals surface area (Å²) < 4.78 is 0. The van der Waals surface area contributed by atoms with Crippen molar-refractivity contribution in [2.75, 3.05) is 0 Å². The fraction of sp³-hybridized carbons (Fsp3) is 0.444. The number of carbonyl (C=O) groups is 2. The van der Waals surface area contributed by atoms with Gasteiger partial charge in [0.1, 0.15) is 11.3 Å². The predicted octanol–water partition coefficient (Wildman–Crippen LogP) is 3.54. The number of phenolic OH excluding ortho intramolecular Hbond substituents is 1. The van der Waals surface area contributed by atoms with Gasteiger partial charge in [-0.3, -0.25) is 0 Å². The Bertz CT molecular complexity index is 619. The third-order valence-electron chi connectivity index (χ3n) is 3.52. The van der Waals surface area contributed by atoms with E-state index in [-0.39, 0.29) is 16.6 Å². The summed E-state index contributed by atoms with van der Waals surface area (Å²) in [7, 11) is 0. The second kappa shape index (κ2) is 6.07. The number of benzene rings is 1. The second-order valence-corrected chi connectivity index (χ2v) is 7.63. The van der Waals surface area contributed by atoms with Crippen molar-refractivity contribution in [3.63, 3.8) is 0 Å². The molecule has 5 nitrogen and oxygen atoms in total. The minimum absolute atomic E-state index is 0.161. The molecule has 3 N–H and O–H groups in total. The zero-order valence-corrected chi connectivity index (χ0v) is 14.4.